The van der Waals surface area contributed by atoms with Gasteiger partial charge in [-0.1, -0.05) is 18.2 Å². The Morgan fingerprint density at radius 3 is 2.14 bits per heavy atom. The third kappa shape index (κ3) is 4.85. The van der Waals surface area contributed by atoms with Crippen molar-refractivity contribution < 1.29 is 21.3 Å². The lowest BCUT2D eigenvalue weighted by atomic mass is 10.3. The Morgan fingerprint density at radius 1 is 0.893 bits per heavy atom. The average Bonchev–Trinajstić information content (AvgIpc) is 3.20. The lowest BCUT2D eigenvalue weighted by Gasteiger charge is -2.08. The summed E-state index contributed by atoms with van der Waals surface area (Å²) in [5.74, 6) is -0.0829. The van der Waals surface area contributed by atoms with Crippen molar-refractivity contribution >= 4 is 31.3 Å². The monoisotopic (exact) mass is 419 g/mol. The van der Waals surface area contributed by atoms with Crippen molar-refractivity contribution in [1.29, 1.82) is 0 Å². The van der Waals surface area contributed by atoms with Gasteiger partial charge in [-0.3, -0.25) is 5.43 Å². The van der Waals surface area contributed by atoms with E-state index in [0.29, 0.717) is 11.4 Å². The molecule has 0 aliphatic carbocycles. The van der Waals surface area contributed by atoms with Crippen molar-refractivity contribution in [1.82, 2.24) is 0 Å². The van der Waals surface area contributed by atoms with Gasteiger partial charge >= 0.3 is 0 Å². The van der Waals surface area contributed by atoms with E-state index in [9.17, 15) is 16.8 Å². The van der Waals surface area contributed by atoms with Crippen molar-refractivity contribution in [3.05, 3.63) is 78.8 Å². The summed E-state index contributed by atoms with van der Waals surface area (Å²) in [4.78, 5) is 0.131. The Morgan fingerprint density at radius 2 is 1.57 bits per heavy atom. The van der Waals surface area contributed by atoms with Crippen molar-refractivity contribution in [3.63, 3.8) is 0 Å². The van der Waals surface area contributed by atoms with Gasteiger partial charge in [0.2, 0.25) is 10.0 Å². The molecule has 10 heteroatoms. The minimum atomic E-state index is -3.80. The third-order valence-corrected chi connectivity index (χ3v) is 6.31. The molecule has 0 fully saturated rings. The maximum atomic E-state index is 12.7. The first-order chi connectivity index (χ1) is 13.3. The number of primary sulfonamides is 1. The predicted molar refractivity (Wildman–Crippen MR) is 105 cm³/mol. The maximum absolute atomic E-state index is 12.7. The van der Waals surface area contributed by atoms with E-state index in [-0.39, 0.29) is 21.3 Å². The molecular weight excluding hydrogens is 402 g/mol. The van der Waals surface area contributed by atoms with E-state index < -0.39 is 19.9 Å². The molecule has 0 radical (unpaired) electrons. The summed E-state index contributed by atoms with van der Waals surface area (Å²) in [5, 5.41) is 9.22. The maximum Gasteiger partial charge on any atom is 0.238 e. The molecule has 28 heavy (non-hydrogen) atoms. The second-order valence-corrected chi connectivity index (χ2v) is 9.34. The summed E-state index contributed by atoms with van der Waals surface area (Å²) < 4.78 is 53.3. The highest BCUT2D eigenvalue weighted by atomic mass is 32.2. The van der Waals surface area contributed by atoms with Gasteiger partial charge in [-0.05, 0) is 48.5 Å². The van der Waals surface area contributed by atoms with Crippen LogP contribution in [0.1, 0.15) is 5.76 Å². The van der Waals surface area contributed by atoms with Crippen LogP contribution in [-0.2, 0) is 19.9 Å². The van der Waals surface area contributed by atoms with E-state index in [0.717, 1.165) is 0 Å². The fourth-order valence-corrected chi connectivity index (χ4v) is 4.16. The summed E-state index contributed by atoms with van der Waals surface area (Å²) in [6.45, 7) is 0. The molecule has 3 rings (SSSR count). The highest BCUT2D eigenvalue weighted by Gasteiger charge is 2.20. The average molecular weight is 419 g/mol. The molecule has 1 aromatic heterocycles. The first-order valence-electron chi connectivity index (χ1n) is 8.03. The predicted octanol–water partition coefficient (Wildman–Crippen LogP) is 2.22. The molecule has 3 N–H and O–H groups in total. The van der Waals surface area contributed by atoms with Crippen LogP contribution in [0.4, 0.5) is 5.69 Å². The lowest BCUT2D eigenvalue weighted by Crippen LogP contribution is -2.18. The largest absolute Gasteiger partial charge is 0.463 e. The van der Waals surface area contributed by atoms with Gasteiger partial charge < -0.3 is 4.42 Å². The van der Waals surface area contributed by atoms with E-state index in [2.05, 4.69) is 10.5 Å². The van der Waals surface area contributed by atoms with E-state index >= 15 is 0 Å². The zero-order chi connectivity index (χ0) is 20.2. The second kappa shape index (κ2) is 7.97. The lowest BCUT2D eigenvalue weighted by molar-refractivity contribution is 0.556. The molecule has 0 saturated carbocycles. The molecule has 0 spiro atoms. The SMILES string of the molecule is NS(=O)(=O)c1ccc(N/N=C(\CS(=O)(=O)c2ccccc2)c2ccco2)cc1. The fraction of sp³-hybridized carbons (Fsp3) is 0.0556. The quantitative estimate of drug-likeness (QED) is 0.446. The Labute approximate surface area is 162 Å². The van der Waals surface area contributed by atoms with Gasteiger partial charge in [-0.2, -0.15) is 5.10 Å². The van der Waals surface area contributed by atoms with Crippen LogP contribution in [0.5, 0.6) is 0 Å². The van der Waals surface area contributed by atoms with Crippen LogP contribution < -0.4 is 10.6 Å². The van der Waals surface area contributed by atoms with E-state index in [1.165, 1.54) is 42.7 Å². The molecule has 0 amide bonds. The van der Waals surface area contributed by atoms with Crippen LogP contribution in [0.2, 0.25) is 0 Å². The summed E-state index contributed by atoms with van der Waals surface area (Å²) >= 11 is 0. The highest BCUT2D eigenvalue weighted by Crippen LogP contribution is 2.16. The number of sulfone groups is 1. The van der Waals surface area contributed by atoms with E-state index in [1.807, 2.05) is 0 Å². The number of nitrogens with zero attached hydrogens (tertiary/aromatic N) is 1. The molecule has 0 saturated heterocycles. The molecular formula is C18H17N3O5S2. The molecule has 0 unspecified atom stereocenters. The standard InChI is InChI=1S/C18H17N3O5S2/c19-28(24,25)16-10-8-14(9-11-16)20-21-17(18-7-4-12-26-18)13-27(22,23)15-5-2-1-3-6-15/h1-12,20H,13H2,(H2,19,24,25)/b21-17+. The van der Waals surface area contributed by atoms with Crippen molar-refractivity contribution in [2.45, 2.75) is 9.79 Å². The second-order valence-electron chi connectivity index (χ2n) is 5.79. The summed E-state index contributed by atoms with van der Waals surface area (Å²) in [6, 6.07) is 16.8. The number of benzene rings is 2. The van der Waals surface area contributed by atoms with Crippen molar-refractivity contribution in [3.8, 4) is 0 Å². The van der Waals surface area contributed by atoms with Gasteiger partial charge in [0.05, 0.1) is 21.7 Å². The Hall–Kier alpha value is -2.95. The molecule has 8 nitrogen and oxygen atoms in total. The smallest absolute Gasteiger partial charge is 0.238 e. The van der Waals surface area contributed by atoms with Crippen molar-refractivity contribution in [2.24, 2.45) is 10.2 Å². The van der Waals surface area contributed by atoms with E-state index in [4.69, 9.17) is 9.56 Å². The highest BCUT2D eigenvalue weighted by molar-refractivity contribution is 7.92. The van der Waals surface area contributed by atoms with Gasteiger partial charge in [-0.25, -0.2) is 22.0 Å². The minimum Gasteiger partial charge on any atom is -0.463 e. The first kappa shape index (κ1) is 19.8. The number of hydrogen-bond donors (Lipinski definition) is 2. The topological polar surface area (TPSA) is 132 Å². The molecule has 0 atom stereocenters. The van der Waals surface area contributed by atoms with Crippen LogP contribution in [0, 0.1) is 0 Å². The van der Waals surface area contributed by atoms with E-state index in [1.54, 1.807) is 30.3 Å². The zero-order valence-corrected chi connectivity index (χ0v) is 16.2. The van der Waals surface area contributed by atoms with Gasteiger partial charge in [0.15, 0.2) is 15.6 Å². The van der Waals surface area contributed by atoms with Crippen LogP contribution in [0.15, 0.2) is 92.3 Å². The van der Waals surface area contributed by atoms with Crippen LogP contribution >= 0.6 is 0 Å². The van der Waals surface area contributed by atoms with Crippen LogP contribution in [0.25, 0.3) is 0 Å². The molecule has 146 valence electrons. The number of sulfonamides is 1. The number of anilines is 1. The first-order valence-corrected chi connectivity index (χ1v) is 11.2. The Bertz CT molecular complexity index is 1170. The Kier molecular flexibility index (Phi) is 5.63. The number of nitrogens with one attached hydrogen (secondary N) is 1. The van der Waals surface area contributed by atoms with Gasteiger partial charge in [0, 0.05) is 0 Å². The third-order valence-electron chi connectivity index (χ3n) is 3.74. The summed E-state index contributed by atoms with van der Waals surface area (Å²) in [5.41, 5.74) is 3.34. The molecule has 0 aliphatic rings. The fourth-order valence-electron chi connectivity index (χ4n) is 2.34. The molecule has 2 aromatic carbocycles. The normalized spacial score (nSPS) is 12.7. The molecule has 0 bridgehead atoms. The van der Waals surface area contributed by atoms with Crippen molar-refractivity contribution in [2.75, 3.05) is 11.2 Å². The van der Waals surface area contributed by atoms with Gasteiger partial charge in [0.25, 0.3) is 0 Å². The number of furan rings is 1. The van der Waals surface area contributed by atoms with Crippen LogP contribution in [0.3, 0.4) is 0 Å². The number of nitrogens with two attached hydrogens (primary N) is 1. The number of hydrazone groups is 1. The Balaban J connectivity index is 1.87. The van der Waals surface area contributed by atoms with Crippen LogP contribution in [-0.4, -0.2) is 28.3 Å². The minimum absolute atomic E-state index is 0.0417. The van der Waals surface area contributed by atoms with Gasteiger partial charge in [-0.15, -0.1) is 0 Å². The summed E-state index contributed by atoms with van der Waals surface area (Å²) in [7, 11) is -7.44. The zero-order valence-electron chi connectivity index (χ0n) is 14.5. The molecule has 1 heterocycles. The number of rotatable bonds is 7. The number of hydrogen-bond acceptors (Lipinski definition) is 7. The molecule has 0 aliphatic heterocycles. The molecule has 3 aromatic rings. The van der Waals surface area contributed by atoms with Gasteiger partial charge in [0.1, 0.15) is 11.5 Å². The summed E-state index contributed by atoms with van der Waals surface area (Å²) in [6.07, 6.45) is 1.42.